The lowest BCUT2D eigenvalue weighted by atomic mass is 10.2. The molecule has 0 radical (unpaired) electrons. The van der Waals surface area contributed by atoms with E-state index in [4.69, 9.17) is 0 Å². The molecule has 0 bridgehead atoms. The predicted octanol–water partition coefficient (Wildman–Crippen LogP) is 1.45. The molecule has 2 fully saturated rings. The second kappa shape index (κ2) is 2.66. The average molecular weight is 204 g/mol. The molecule has 1 heterocycles. The second-order valence-corrected chi connectivity index (χ2v) is 4.32. The van der Waals surface area contributed by atoms with Crippen molar-refractivity contribution in [2.45, 2.75) is 18.4 Å². The van der Waals surface area contributed by atoms with E-state index in [1.54, 1.807) is 23.1 Å². The number of carbonyl (C=O) groups is 1. The highest BCUT2D eigenvalue weighted by Crippen LogP contribution is 2.41. The number of carbonyl (C=O) groups excluding carboxylic acids is 1. The molecule has 1 aromatic carbocycles. The number of hydrogen-bond donors (Lipinski definition) is 2. The van der Waals surface area contributed by atoms with Gasteiger partial charge in [-0.2, -0.15) is 0 Å². The summed E-state index contributed by atoms with van der Waals surface area (Å²) in [5.41, 5.74) is 0.791. The minimum atomic E-state index is -0.0573. The van der Waals surface area contributed by atoms with Crippen LogP contribution in [0.5, 0.6) is 5.75 Å². The van der Waals surface area contributed by atoms with Gasteiger partial charge >= 0.3 is 6.03 Å². The molecule has 1 saturated heterocycles. The minimum Gasteiger partial charge on any atom is -0.508 e. The number of phenols is 1. The Bertz CT molecular complexity index is 426. The first-order valence-corrected chi connectivity index (χ1v) is 5.07. The van der Waals surface area contributed by atoms with Crippen LogP contribution in [0, 0.1) is 0 Å². The molecule has 0 unspecified atom stereocenters. The van der Waals surface area contributed by atoms with E-state index >= 15 is 0 Å². The third-order valence-corrected chi connectivity index (χ3v) is 3.07. The van der Waals surface area contributed by atoms with Gasteiger partial charge in [0.2, 0.25) is 0 Å². The van der Waals surface area contributed by atoms with E-state index in [0.29, 0.717) is 0 Å². The molecular weight excluding hydrogens is 192 g/mol. The van der Waals surface area contributed by atoms with E-state index in [-0.39, 0.29) is 17.3 Å². The maximum absolute atomic E-state index is 11.7. The molecule has 4 nitrogen and oxygen atoms in total. The summed E-state index contributed by atoms with van der Waals surface area (Å²) in [6, 6.07) is 6.74. The van der Waals surface area contributed by atoms with Crippen LogP contribution in [-0.2, 0) is 0 Å². The van der Waals surface area contributed by atoms with Gasteiger partial charge < -0.3 is 10.4 Å². The minimum absolute atomic E-state index is 0.0303. The number of rotatable bonds is 1. The number of nitrogens with zero attached hydrogens (tertiary/aromatic N) is 1. The van der Waals surface area contributed by atoms with Gasteiger partial charge in [0.1, 0.15) is 5.75 Å². The third kappa shape index (κ3) is 1.33. The van der Waals surface area contributed by atoms with Gasteiger partial charge in [-0.1, -0.05) is 6.07 Å². The van der Waals surface area contributed by atoms with E-state index < -0.39 is 0 Å². The van der Waals surface area contributed by atoms with Crippen molar-refractivity contribution in [3.05, 3.63) is 24.3 Å². The van der Waals surface area contributed by atoms with Gasteiger partial charge in [-0.3, -0.25) is 4.90 Å². The smallest absolute Gasteiger partial charge is 0.322 e. The fourth-order valence-corrected chi connectivity index (χ4v) is 2.01. The summed E-state index contributed by atoms with van der Waals surface area (Å²) in [7, 11) is 0. The first-order chi connectivity index (χ1) is 7.19. The number of hydrogen-bond acceptors (Lipinski definition) is 2. The average Bonchev–Trinajstić information content (AvgIpc) is 2.85. The largest absolute Gasteiger partial charge is 0.508 e. The second-order valence-electron chi connectivity index (χ2n) is 4.32. The maximum Gasteiger partial charge on any atom is 0.322 e. The van der Waals surface area contributed by atoms with Gasteiger partial charge in [0.25, 0.3) is 0 Å². The van der Waals surface area contributed by atoms with Crippen LogP contribution in [0.3, 0.4) is 0 Å². The lowest BCUT2D eigenvalue weighted by Crippen LogP contribution is -2.29. The van der Waals surface area contributed by atoms with Crippen molar-refractivity contribution in [2.24, 2.45) is 0 Å². The number of benzene rings is 1. The highest BCUT2D eigenvalue weighted by molar-refractivity contribution is 5.96. The Morgan fingerprint density at radius 3 is 2.80 bits per heavy atom. The van der Waals surface area contributed by atoms with Gasteiger partial charge in [0, 0.05) is 11.8 Å². The molecule has 0 atom stereocenters. The highest BCUT2D eigenvalue weighted by atomic mass is 16.3. The number of amides is 2. The molecule has 2 aliphatic rings. The SMILES string of the molecule is O=C1NC2(CC2)CN1c1cccc(O)c1. The summed E-state index contributed by atoms with van der Waals surface area (Å²) in [5, 5.41) is 12.3. The molecule has 1 aliphatic carbocycles. The summed E-state index contributed by atoms with van der Waals surface area (Å²) in [4.78, 5) is 13.4. The van der Waals surface area contributed by atoms with Gasteiger partial charge in [-0.25, -0.2) is 4.79 Å². The van der Waals surface area contributed by atoms with Crippen molar-refractivity contribution in [1.29, 1.82) is 0 Å². The normalized spacial score (nSPS) is 21.9. The van der Waals surface area contributed by atoms with Gasteiger partial charge in [-0.05, 0) is 25.0 Å². The van der Waals surface area contributed by atoms with E-state index in [1.165, 1.54) is 0 Å². The van der Waals surface area contributed by atoms with Crippen LogP contribution in [0.25, 0.3) is 0 Å². The van der Waals surface area contributed by atoms with Crippen LogP contribution in [0.4, 0.5) is 10.5 Å². The van der Waals surface area contributed by atoms with Crippen LogP contribution < -0.4 is 10.2 Å². The molecule has 1 aliphatic heterocycles. The number of aromatic hydroxyl groups is 1. The lowest BCUT2D eigenvalue weighted by molar-refractivity contribution is 0.250. The van der Waals surface area contributed by atoms with Crippen molar-refractivity contribution < 1.29 is 9.90 Å². The van der Waals surface area contributed by atoms with E-state index in [1.807, 2.05) is 6.07 Å². The Morgan fingerprint density at radius 2 is 2.20 bits per heavy atom. The molecule has 2 N–H and O–H groups in total. The standard InChI is InChI=1S/C11H12N2O2/c14-9-3-1-2-8(6-9)13-7-11(4-5-11)12-10(13)15/h1-3,6,14H,4-5,7H2,(H,12,15). The molecule has 1 spiro atoms. The van der Waals surface area contributed by atoms with Crippen molar-refractivity contribution in [3.8, 4) is 5.75 Å². The zero-order valence-electron chi connectivity index (χ0n) is 8.23. The van der Waals surface area contributed by atoms with Crippen LogP contribution in [0.2, 0.25) is 0 Å². The zero-order valence-corrected chi connectivity index (χ0v) is 8.23. The molecule has 1 saturated carbocycles. The summed E-state index contributed by atoms with van der Waals surface area (Å²) in [6.07, 6.45) is 2.13. The Labute approximate surface area is 87.5 Å². The summed E-state index contributed by atoms with van der Waals surface area (Å²) in [6.45, 7) is 0.718. The molecule has 0 aromatic heterocycles. The van der Waals surface area contributed by atoms with E-state index in [9.17, 15) is 9.90 Å². The fourth-order valence-electron chi connectivity index (χ4n) is 2.01. The van der Waals surface area contributed by atoms with Crippen LogP contribution in [-0.4, -0.2) is 23.2 Å². The topological polar surface area (TPSA) is 52.6 Å². The first kappa shape index (κ1) is 8.59. The molecule has 15 heavy (non-hydrogen) atoms. The Balaban J connectivity index is 1.91. The Hall–Kier alpha value is -1.71. The van der Waals surface area contributed by atoms with E-state index in [2.05, 4.69) is 5.32 Å². The number of anilines is 1. The summed E-state index contributed by atoms with van der Waals surface area (Å²) in [5.74, 6) is 0.192. The fraction of sp³-hybridized carbons (Fsp3) is 0.364. The highest BCUT2D eigenvalue weighted by Gasteiger charge is 2.51. The van der Waals surface area contributed by atoms with Gasteiger partial charge in [0.15, 0.2) is 0 Å². The van der Waals surface area contributed by atoms with Crippen molar-refractivity contribution in [3.63, 3.8) is 0 Å². The zero-order chi connectivity index (χ0) is 10.5. The first-order valence-electron chi connectivity index (χ1n) is 5.07. The number of nitrogens with one attached hydrogen (secondary N) is 1. The molecule has 3 rings (SSSR count). The third-order valence-electron chi connectivity index (χ3n) is 3.07. The van der Waals surface area contributed by atoms with Gasteiger partial charge in [-0.15, -0.1) is 0 Å². The van der Waals surface area contributed by atoms with Crippen LogP contribution >= 0.6 is 0 Å². The van der Waals surface area contributed by atoms with Crippen molar-refractivity contribution in [2.75, 3.05) is 11.4 Å². The van der Waals surface area contributed by atoms with Crippen LogP contribution in [0.15, 0.2) is 24.3 Å². The molecule has 2 amide bonds. The Kier molecular flexibility index (Phi) is 1.52. The lowest BCUT2D eigenvalue weighted by Gasteiger charge is -2.14. The number of urea groups is 1. The Morgan fingerprint density at radius 1 is 1.40 bits per heavy atom. The monoisotopic (exact) mass is 204 g/mol. The number of phenolic OH excluding ortho intramolecular Hbond substituents is 1. The predicted molar refractivity (Wildman–Crippen MR) is 55.9 cm³/mol. The van der Waals surface area contributed by atoms with Crippen LogP contribution in [0.1, 0.15) is 12.8 Å². The summed E-state index contributed by atoms with van der Waals surface area (Å²) >= 11 is 0. The van der Waals surface area contributed by atoms with Crippen molar-refractivity contribution >= 4 is 11.7 Å². The summed E-state index contributed by atoms with van der Waals surface area (Å²) < 4.78 is 0. The van der Waals surface area contributed by atoms with Crippen molar-refractivity contribution in [1.82, 2.24) is 5.32 Å². The quantitative estimate of drug-likeness (QED) is 0.727. The molecule has 1 aromatic rings. The van der Waals surface area contributed by atoms with E-state index in [0.717, 1.165) is 25.1 Å². The molecule has 4 heteroatoms. The molecule has 78 valence electrons. The molecular formula is C11H12N2O2. The maximum atomic E-state index is 11.7. The van der Waals surface area contributed by atoms with Gasteiger partial charge in [0.05, 0.1) is 12.1 Å².